The molecule has 0 atom stereocenters. The minimum absolute atomic E-state index is 0.163. The second-order valence-electron chi connectivity index (χ2n) is 9.04. The number of rotatable bonds is 5. The zero-order chi connectivity index (χ0) is 23.6. The maximum Gasteiger partial charge on any atom is 0.241 e. The fourth-order valence-electron chi connectivity index (χ4n) is 4.94. The van der Waals surface area contributed by atoms with Gasteiger partial charge in [0.2, 0.25) is 21.7 Å². The van der Waals surface area contributed by atoms with Crippen molar-refractivity contribution in [3.63, 3.8) is 0 Å². The number of imidazole rings is 1. The molecule has 3 aromatic heterocycles. The zero-order valence-corrected chi connectivity index (χ0v) is 19.2. The van der Waals surface area contributed by atoms with Gasteiger partial charge < -0.3 is 14.9 Å². The minimum Gasteiger partial charge on any atom is -0.445 e. The topological polar surface area (TPSA) is 151 Å². The Balaban J connectivity index is 1.29. The van der Waals surface area contributed by atoms with Crippen molar-refractivity contribution in [1.82, 2.24) is 29.1 Å². The number of nitrogens with one attached hydrogen (secondary N) is 1. The molecule has 7 rings (SSSR count). The van der Waals surface area contributed by atoms with E-state index in [0.29, 0.717) is 48.5 Å². The van der Waals surface area contributed by atoms with Crippen molar-refractivity contribution in [2.45, 2.75) is 48.6 Å². The fourth-order valence-corrected chi connectivity index (χ4v) is 6.41. The van der Waals surface area contributed by atoms with E-state index in [1.165, 1.54) is 12.7 Å². The molecule has 34 heavy (non-hydrogen) atoms. The Morgan fingerprint density at radius 3 is 2.68 bits per heavy atom. The van der Waals surface area contributed by atoms with Crippen molar-refractivity contribution in [1.29, 1.82) is 0 Å². The molecule has 176 valence electrons. The summed E-state index contributed by atoms with van der Waals surface area (Å²) >= 11 is 0. The van der Waals surface area contributed by atoms with Gasteiger partial charge in [-0.3, -0.25) is 4.40 Å². The monoisotopic (exact) mass is 481 g/mol. The van der Waals surface area contributed by atoms with Gasteiger partial charge in [0.15, 0.2) is 12.2 Å². The number of benzene rings is 1. The van der Waals surface area contributed by atoms with Crippen LogP contribution in [0.15, 0.2) is 52.6 Å². The molecule has 2 bridgehead atoms. The summed E-state index contributed by atoms with van der Waals surface area (Å²) in [6.07, 6.45) is 8.73. The standard InChI is InChI=1S/C22H23N7O4S/c1-14-2-3-15(8-16(14)17-10-29-19(23)25-12-26-20(29)27-17)34(30,31)28-21-4-6-22(7-5-21,33-11-21)18-9-24-13-32-18/h2-3,8-10,12-13,28H,4-7,11H2,1H3,(H2,23,25,26,27). The molecule has 0 unspecified atom stereocenters. The second-order valence-corrected chi connectivity index (χ2v) is 10.7. The van der Waals surface area contributed by atoms with Gasteiger partial charge in [-0.1, -0.05) is 6.07 Å². The van der Waals surface area contributed by atoms with Gasteiger partial charge in [0, 0.05) is 11.8 Å². The summed E-state index contributed by atoms with van der Waals surface area (Å²) in [7, 11) is -3.82. The summed E-state index contributed by atoms with van der Waals surface area (Å²) in [5.41, 5.74) is 6.86. The molecule has 0 amide bonds. The SMILES string of the molecule is Cc1ccc(S(=O)(=O)NC23CCC(c4cnco4)(CC2)OC3)cc1-c1cn2c(N)ncnc2n1. The van der Waals surface area contributed by atoms with Crippen molar-refractivity contribution in [2.24, 2.45) is 0 Å². The lowest BCUT2D eigenvalue weighted by molar-refractivity contribution is -0.172. The van der Waals surface area contributed by atoms with Gasteiger partial charge in [0.1, 0.15) is 11.9 Å². The van der Waals surface area contributed by atoms with Crippen LogP contribution in [0.4, 0.5) is 5.95 Å². The number of nitrogens with zero attached hydrogens (tertiary/aromatic N) is 5. The molecule has 4 aromatic rings. The number of hydrogen-bond acceptors (Lipinski definition) is 9. The number of hydrogen-bond donors (Lipinski definition) is 2. The highest BCUT2D eigenvalue weighted by molar-refractivity contribution is 7.89. The van der Waals surface area contributed by atoms with Crippen LogP contribution in [0, 0.1) is 6.92 Å². The largest absolute Gasteiger partial charge is 0.445 e. The maximum atomic E-state index is 13.4. The number of aromatic nitrogens is 5. The molecule has 1 aromatic carbocycles. The molecule has 3 aliphatic rings. The molecule has 3 fully saturated rings. The quantitative estimate of drug-likeness (QED) is 0.437. The lowest BCUT2D eigenvalue weighted by Gasteiger charge is -2.51. The zero-order valence-electron chi connectivity index (χ0n) is 18.4. The first-order chi connectivity index (χ1) is 16.3. The molecular weight excluding hydrogens is 458 g/mol. The van der Waals surface area contributed by atoms with Gasteiger partial charge in [-0.2, -0.15) is 0 Å². The first-order valence-corrected chi connectivity index (χ1v) is 12.4. The summed E-state index contributed by atoms with van der Waals surface area (Å²) in [4.78, 5) is 16.7. The molecule has 0 spiro atoms. The molecule has 1 aliphatic carbocycles. The summed E-state index contributed by atoms with van der Waals surface area (Å²) in [5.74, 6) is 1.34. The van der Waals surface area contributed by atoms with E-state index in [1.54, 1.807) is 35.0 Å². The van der Waals surface area contributed by atoms with Gasteiger partial charge >= 0.3 is 0 Å². The molecule has 1 saturated carbocycles. The Labute approximate surface area is 195 Å². The number of oxazole rings is 1. The van der Waals surface area contributed by atoms with E-state index in [9.17, 15) is 8.42 Å². The van der Waals surface area contributed by atoms with Gasteiger partial charge in [-0.15, -0.1) is 0 Å². The van der Waals surface area contributed by atoms with Crippen molar-refractivity contribution < 1.29 is 17.6 Å². The van der Waals surface area contributed by atoms with E-state index in [4.69, 9.17) is 14.9 Å². The fraction of sp³-hybridized carbons (Fsp3) is 0.364. The van der Waals surface area contributed by atoms with Crippen molar-refractivity contribution >= 4 is 21.7 Å². The Morgan fingerprint density at radius 1 is 1.18 bits per heavy atom. The highest BCUT2D eigenvalue weighted by Gasteiger charge is 2.53. The Bertz CT molecular complexity index is 1470. The van der Waals surface area contributed by atoms with Crippen molar-refractivity contribution in [2.75, 3.05) is 12.3 Å². The third-order valence-corrected chi connectivity index (χ3v) is 8.54. The predicted octanol–water partition coefficient (Wildman–Crippen LogP) is 2.19. The van der Waals surface area contributed by atoms with Crippen LogP contribution >= 0.6 is 0 Å². The van der Waals surface area contributed by atoms with Gasteiger partial charge in [-0.05, 0) is 50.3 Å². The van der Waals surface area contributed by atoms with E-state index in [1.807, 2.05) is 6.92 Å². The van der Waals surface area contributed by atoms with Crippen molar-refractivity contribution in [3.05, 3.63) is 54.6 Å². The average Bonchev–Trinajstić information content (AvgIpc) is 3.51. The Kier molecular flexibility index (Phi) is 4.57. The molecule has 11 nitrogen and oxygen atoms in total. The number of fused-ring (bicyclic) bond motifs is 4. The summed E-state index contributed by atoms with van der Waals surface area (Å²) in [5, 5.41) is 0. The Hall–Kier alpha value is -3.35. The number of nitrogen functional groups attached to an aromatic ring is 1. The van der Waals surface area contributed by atoms with E-state index in [2.05, 4.69) is 24.7 Å². The maximum absolute atomic E-state index is 13.4. The van der Waals surface area contributed by atoms with Crippen LogP contribution < -0.4 is 10.5 Å². The third kappa shape index (κ3) is 3.29. The van der Waals surface area contributed by atoms with E-state index in [0.717, 1.165) is 5.56 Å². The second kappa shape index (κ2) is 7.32. The van der Waals surface area contributed by atoms with Crippen LogP contribution in [0.5, 0.6) is 0 Å². The van der Waals surface area contributed by atoms with Gasteiger partial charge in [0.05, 0.1) is 28.9 Å². The van der Waals surface area contributed by atoms with Crippen LogP contribution in [-0.4, -0.2) is 44.9 Å². The first kappa shape index (κ1) is 21.2. The van der Waals surface area contributed by atoms with Crippen LogP contribution in [0.25, 0.3) is 17.0 Å². The number of ether oxygens (including phenoxy) is 1. The van der Waals surface area contributed by atoms with E-state index >= 15 is 0 Å². The molecule has 2 aliphatic heterocycles. The van der Waals surface area contributed by atoms with E-state index in [-0.39, 0.29) is 17.5 Å². The average molecular weight is 482 g/mol. The lowest BCUT2D eigenvalue weighted by atomic mass is 9.71. The molecule has 12 heteroatoms. The molecule has 3 N–H and O–H groups in total. The van der Waals surface area contributed by atoms with Crippen LogP contribution in [0.3, 0.4) is 0 Å². The highest BCUT2D eigenvalue weighted by atomic mass is 32.2. The number of aryl methyl sites for hydroxylation is 1. The normalized spacial score (nSPS) is 24.6. The molecule has 2 saturated heterocycles. The Morgan fingerprint density at radius 2 is 2.00 bits per heavy atom. The smallest absolute Gasteiger partial charge is 0.241 e. The van der Waals surface area contributed by atoms with Gasteiger partial charge in [-0.25, -0.2) is 33.1 Å². The van der Waals surface area contributed by atoms with Crippen LogP contribution in [-0.2, 0) is 20.4 Å². The minimum atomic E-state index is -3.82. The summed E-state index contributed by atoms with van der Waals surface area (Å²) < 4.78 is 43.0. The van der Waals surface area contributed by atoms with Gasteiger partial charge in [0.25, 0.3) is 0 Å². The summed E-state index contributed by atoms with van der Waals surface area (Å²) in [6, 6.07) is 5.01. The number of sulfonamides is 1. The van der Waals surface area contributed by atoms with Crippen LogP contribution in [0.2, 0.25) is 0 Å². The molecule has 0 radical (unpaired) electrons. The van der Waals surface area contributed by atoms with E-state index < -0.39 is 21.2 Å². The van der Waals surface area contributed by atoms with Crippen molar-refractivity contribution in [3.8, 4) is 11.3 Å². The molecule has 5 heterocycles. The highest BCUT2D eigenvalue weighted by Crippen LogP contribution is 2.49. The first-order valence-electron chi connectivity index (χ1n) is 10.9. The number of nitrogens with two attached hydrogens (primary N) is 1. The predicted molar refractivity (Wildman–Crippen MR) is 121 cm³/mol. The van der Waals surface area contributed by atoms with Crippen LogP contribution in [0.1, 0.15) is 37.0 Å². The lowest BCUT2D eigenvalue weighted by Crippen LogP contribution is -2.61. The third-order valence-electron chi connectivity index (χ3n) is 6.96. The summed E-state index contributed by atoms with van der Waals surface area (Å²) in [6.45, 7) is 2.17. The molecular formula is C22H23N7O4S. The number of anilines is 1.